The van der Waals surface area contributed by atoms with E-state index < -0.39 is 76.4 Å². The minimum Gasteiger partial charge on any atom is -0.481 e. The molecule has 2 N–H and O–H groups in total. The molecule has 0 bridgehead atoms. The first-order chi connectivity index (χ1) is 18.8. The van der Waals surface area contributed by atoms with Crippen molar-refractivity contribution in [2.45, 2.75) is 71.2 Å². The molecule has 0 radical (unpaired) electrons. The Bertz CT molecular complexity index is 1210. The first-order valence-electron chi connectivity index (χ1n) is 13.9. The molecule has 2 heterocycles. The smallest absolute Gasteiger partial charge is 0.336 e. The highest BCUT2D eigenvalue weighted by Crippen LogP contribution is 2.63. The van der Waals surface area contributed by atoms with Crippen LogP contribution in [-0.4, -0.2) is 89.7 Å². The summed E-state index contributed by atoms with van der Waals surface area (Å²) in [6.45, 7) is 5.58. The van der Waals surface area contributed by atoms with Crippen molar-refractivity contribution < 1.29 is 48.4 Å². The highest BCUT2D eigenvalue weighted by Gasteiger charge is 2.67. The zero-order chi connectivity index (χ0) is 29.1. The lowest BCUT2D eigenvalue weighted by atomic mass is 9.50. The Morgan fingerprint density at radius 1 is 1.12 bits per heavy atom. The van der Waals surface area contributed by atoms with Crippen LogP contribution < -0.4 is 0 Å². The number of carbonyl (C=O) groups is 5. The van der Waals surface area contributed by atoms with Gasteiger partial charge in [-0.1, -0.05) is 13.8 Å². The van der Waals surface area contributed by atoms with Gasteiger partial charge < -0.3 is 29.3 Å². The van der Waals surface area contributed by atoms with E-state index in [0.717, 1.165) is 0 Å². The van der Waals surface area contributed by atoms with E-state index in [1.165, 1.54) is 20.2 Å². The van der Waals surface area contributed by atoms with Crippen molar-refractivity contribution >= 4 is 29.5 Å². The average molecular weight is 560 g/mol. The number of ether oxygens (including phenoxy) is 3. The van der Waals surface area contributed by atoms with E-state index in [1.807, 2.05) is 6.92 Å². The molecule has 11 nitrogen and oxygen atoms in total. The lowest BCUT2D eigenvalue weighted by Crippen LogP contribution is -2.63. The maximum atomic E-state index is 14.1. The molecule has 2 saturated heterocycles. The minimum atomic E-state index is -1.26. The van der Waals surface area contributed by atoms with Gasteiger partial charge in [-0.15, -0.1) is 0 Å². The minimum absolute atomic E-state index is 0.0231. The number of carbonyl (C=O) groups excluding carboxylic acids is 4. The summed E-state index contributed by atoms with van der Waals surface area (Å²) in [5.41, 5.74) is -1.27. The fraction of sp³-hybridized carbons (Fsp3) is 0.690. The second-order valence-electron chi connectivity index (χ2n) is 12.3. The molecule has 0 aromatic heterocycles. The van der Waals surface area contributed by atoms with E-state index in [0.29, 0.717) is 44.3 Å². The standard InChI is InChI=1S/C29H37NO10/c1-14(31)39-18-11-28(2)17(5-6-19(28)32)21-23(18)29(3)20(13-38-4)40-27(37)16(22(29)25(34)24(21)33)12-30-9-7-15(8-10-30)26(35)36/h12,15,17-20,22,32H,5-11,13H2,1-4H3,(H,35,36)/b16-12+/t17?,18-,19+,20-,22?,28+,29+/m1/s1. The Labute approximate surface area is 232 Å². The molecule has 2 unspecified atom stereocenters. The number of esters is 2. The molecule has 2 aliphatic heterocycles. The van der Waals surface area contributed by atoms with Gasteiger partial charge in [-0.05, 0) is 43.6 Å². The summed E-state index contributed by atoms with van der Waals surface area (Å²) in [4.78, 5) is 67.0. The molecule has 0 amide bonds. The van der Waals surface area contributed by atoms with Crippen molar-refractivity contribution in [2.75, 3.05) is 26.8 Å². The van der Waals surface area contributed by atoms with Gasteiger partial charge >= 0.3 is 17.9 Å². The van der Waals surface area contributed by atoms with Crippen LogP contribution in [0, 0.1) is 28.6 Å². The molecule has 3 aliphatic carbocycles. The number of aliphatic carboxylic acids is 1. The molecule has 1 saturated carbocycles. The van der Waals surface area contributed by atoms with Gasteiger partial charge in [-0.25, -0.2) is 4.79 Å². The van der Waals surface area contributed by atoms with E-state index in [2.05, 4.69) is 0 Å². The van der Waals surface area contributed by atoms with Crippen molar-refractivity contribution in [3.63, 3.8) is 0 Å². The Hall–Kier alpha value is -3.05. The van der Waals surface area contributed by atoms with Gasteiger partial charge in [0.2, 0.25) is 11.6 Å². The Morgan fingerprint density at radius 2 is 1.80 bits per heavy atom. The summed E-state index contributed by atoms with van der Waals surface area (Å²) in [7, 11) is 1.45. The van der Waals surface area contributed by atoms with Gasteiger partial charge in [0.15, 0.2) is 0 Å². The summed E-state index contributed by atoms with van der Waals surface area (Å²) >= 11 is 0. The van der Waals surface area contributed by atoms with Crippen molar-refractivity contribution in [2.24, 2.45) is 28.6 Å². The summed E-state index contributed by atoms with van der Waals surface area (Å²) < 4.78 is 17.1. The van der Waals surface area contributed by atoms with Gasteiger partial charge in [-0.2, -0.15) is 0 Å². The molecule has 5 rings (SSSR count). The van der Waals surface area contributed by atoms with Gasteiger partial charge in [0.1, 0.15) is 12.2 Å². The number of carboxylic acid groups (broad SMARTS) is 1. The predicted octanol–water partition coefficient (Wildman–Crippen LogP) is 1.42. The number of nitrogens with zero attached hydrogens (tertiary/aromatic N) is 1. The number of cyclic esters (lactones) is 1. The molecule has 40 heavy (non-hydrogen) atoms. The lowest BCUT2D eigenvalue weighted by molar-refractivity contribution is -0.175. The van der Waals surface area contributed by atoms with E-state index in [1.54, 1.807) is 11.8 Å². The largest absolute Gasteiger partial charge is 0.481 e. The number of aliphatic hydroxyl groups is 1. The summed E-state index contributed by atoms with van der Waals surface area (Å²) in [5, 5.41) is 20.3. The zero-order valence-corrected chi connectivity index (χ0v) is 23.3. The number of fused-ring (bicyclic) bond motifs is 4. The van der Waals surface area contributed by atoms with Crippen molar-refractivity contribution in [3.05, 3.63) is 22.9 Å². The molecular formula is C29H37NO10. The second kappa shape index (κ2) is 10.1. The zero-order valence-electron chi connectivity index (χ0n) is 23.3. The van der Waals surface area contributed by atoms with Gasteiger partial charge in [0.05, 0.1) is 30.1 Å². The fourth-order valence-corrected chi connectivity index (χ4v) is 7.96. The Kier molecular flexibility index (Phi) is 7.19. The quantitative estimate of drug-likeness (QED) is 0.285. The molecule has 218 valence electrons. The number of carboxylic acids is 1. The number of piperidine rings is 1. The second-order valence-corrected chi connectivity index (χ2v) is 12.3. The number of hydrogen-bond donors (Lipinski definition) is 2. The van der Waals surface area contributed by atoms with Crippen LogP contribution in [0.1, 0.15) is 52.9 Å². The number of aliphatic hydroxyl groups excluding tert-OH is 1. The number of Topliss-reactive ketones (excluding diaryl/α,β-unsaturated/α-hetero) is 2. The SMILES string of the molecule is COC[C@H]1OC(=O)/C(=C/N2CCC(C(=O)O)CC2)C2C(=O)C(=O)C3=C([C@H](OC(C)=O)C[C@@]4(C)C3CC[C@@H]4O)[C@]21C. The van der Waals surface area contributed by atoms with E-state index in [9.17, 15) is 34.2 Å². The Morgan fingerprint density at radius 3 is 2.40 bits per heavy atom. The van der Waals surface area contributed by atoms with Crippen LogP contribution in [0.3, 0.4) is 0 Å². The van der Waals surface area contributed by atoms with Gasteiger partial charge in [-0.3, -0.25) is 19.2 Å². The van der Waals surface area contributed by atoms with Crippen LogP contribution in [0.25, 0.3) is 0 Å². The molecule has 0 spiro atoms. The van der Waals surface area contributed by atoms with E-state index in [-0.39, 0.29) is 24.2 Å². The van der Waals surface area contributed by atoms with Crippen molar-refractivity contribution in [1.29, 1.82) is 0 Å². The first-order valence-corrected chi connectivity index (χ1v) is 13.9. The summed E-state index contributed by atoms with van der Waals surface area (Å²) in [5.74, 6) is -5.74. The fourth-order valence-electron chi connectivity index (χ4n) is 7.96. The normalized spacial score (nSPS) is 39.0. The van der Waals surface area contributed by atoms with Crippen molar-refractivity contribution in [3.8, 4) is 0 Å². The molecule has 7 atom stereocenters. The third-order valence-electron chi connectivity index (χ3n) is 10.1. The van der Waals surface area contributed by atoms with Crippen LogP contribution in [0.4, 0.5) is 0 Å². The van der Waals surface area contributed by atoms with Gasteiger partial charge in [0, 0.05) is 49.7 Å². The maximum Gasteiger partial charge on any atom is 0.336 e. The number of methoxy groups -OCH3 is 1. The highest BCUT2D eigenvalue weighted by molar-refractivity contribution is 6.47. The van der Waals surface area contributed by atoms with Crippen LogP contribution >= 0.6 is 0 Å². The lowest BCUT2D eigenvalue weighted by Gasteiger charge is -2.56. The number of allylic oxidation sites excluding steroid dienone is 1. The number of hydrogen-bond acceptors (Lipinski definition) is 10. The summed E-state index contributed by atoms with van der Waals surface area (Å²) in [6, 6.07) is 0. The van der Waals surface area contributed by atoms with E-state index >= 15 is 0 Å². The highest BCUT2D eigenvalue weighted by atomic mass is 16.6. The molecule has 0 aromatic rings. The Balaban J connectivity index is 1.67. The number of likely N-dealkylation sites (tertiary alicyclic amines) is 1. The van der Waals surface area contributed by atoms with Crippen LogP contribution in [0.15, 0.2) is 22.9 Å². The third kappa shape index (κ3) is 4.20. The topological polar surface area (TPSA) is 157 Å². The predicted molar refractivity (Wildman–Crippen MR) is 137 cm³/mol. The number of rotatable bonds is 5. The molecule has 0 aromatic carbocycles. The maximum absolute atomic E-state index is 14.1. The van der Waals surface area contributed by atoms with Crippen LogP contribution in [0.5, 0.6) is 0 Å². The molecule has 3 fully saturated rings. The van der Waals surface area contributed by atoms with Crippen LogP contribution in [0.2, 0.25) is 0 Å². The molecule has 5 aliphatic rings. The summed E-state index contributed by atoms with van der Waals surface area (Å²) in [6.07, 6.45) is 0.909. The first kappa shape index (κ1) is 28.5. The van der Waals surface area contributed by atoms with Crippen molar-refractivity contribution in [1.82, 2.24) is 4.90 Å². The van der Waals surface area contributed by atoms with Crippen LogP contribution in [-0.2, 0) is 38.2 Å². The van der Waals surface area contributed by atoms with Gasteiger partial charge in [0.25, 0.3) is 0 Å². The monoisotopic (exact) mass is 559 g/mol. The molecular weight excluding hydrogens is 522 g/mol. The number of ketones is 2. The molecule has 11 heteroatoms. The van der Waals surface area contributed by atoms with E-state index in [4.69, 9.17) is 14.2 Å². The third-order valence-corrected chi connectivity index (χ3v) is 10.1. The average Bonchev–Trinajstić information content (AvgIpc) is 3.18.